The van der Waals surface area contributed by atoms with E-state index in [-0.39, 0.29) is 5.91 Å². The molecule has 1 unspecified atom stereocenters. The van der Waals surface area contributed by atoms with Crippen molar-refractivity contribution in [3.8, 4) is 11.4 Å². The van der Waals surface area contributed by atoms with Crippen molar-refractivity contribution in [1.82, 2.24) is 9.55 Å². The molecule has 0 aliphatic carbocycles. The Morgan fingerprint density at radius 2 is 1.73 bits per heavy atom. The number of aromatic nitrogens is 2. The second-order valence-corrected chi connectivity index (χ2v) is 8.14. The maximum absolute atomic E-state index is 14.1. The Morgan fingerprint density at radius 1 is 1.00 bits per heavy atom. The minimum Gasteiger partial charge on any atom is -0.350 e. The first-order valence-electron chi connectivity index (χ1n) is 10.4. The van der Waals surface area contributed by atoms with Gasteiger partial charge in [0.1, 0.15) is 5.82 Å². The average Bonchev–Trinajstić information content (AvgIpc) is 3.23. The molecule has 3 aromatic carbocycles. The first-order chi connectivity index (χ1) is 14.6. The van der Waals surface area contributed by atoms with E-state index in [4.69, 9.17) is 4.98 Å². The van der Waals surface area contributed by atoms with Crippen LogP contribution in [-0.4, -0.2) is 22.0 Å². The number of nitrogens with zero attached hydrogens (tertiary/aromatic N) is 3. The predicted octanol–water partition coefficient (Wildman–Crippen LogP) is 4.81. The van der Waals surface area contributed by atoms with Crippen LogP contribution in [0.2, 0.25) is 0 Å². The van der Waals surface area contributed by atoms with Crippen molar-refractivity contribution in [3.05, 3.63) is 77.4 Å². The highest BCUT2D eigenvalue weighted by atomic mass is 16.2. The smallest absolute Gasteiger partial charge is 0.279 e. The van der Waals surface area contributed by atoms with Crippen LogP contribution in [0.1, 0.15) is 23.6 Å². The molecule has 0 radical (unpaired) electrons. The number of rotatable bonds is 1. The van der Waals surface area contributed by atoms with Crippen LogP contribution in [0.4, 0.5) is 11.4 Å². The van der Waals surface area contributed by atoms with Crippen LogP contribution in [0.25, 0.3) is 22.4 Å². The van der Waals surface area contributed by atoms with Crippen molar-refractivity contribution in [2.45, 2.75) is 26.4 Å². The Kier molecular flexibility index (Phi) is 3.30. The number of imidazole rings is 1. The third-order valence-corrected chi connectivity index (χ3v) is 6.54. The lowest BCUT2D eigenvalue weighted by Crippen LogP contribution is -2.53. The average molecular weight is 394 g/mol. The summed E-state index contributed by atoms with van der Waals surface area (Å²) in [6.45, 7) is 6.84. The normalized spacial score (nSPS) is 19.0. The van der Waals surface area contributed by atoms with E-state index in [0.717, 1.165) is 39.4 Å². The summed E-state index contributed by atoms with van der Waals surface area (Å²) < 4.78 is 2.12. The van der Waals surface area contributed by atoms with Gasteiger partial charge in [0.05, 0.1) is 16.7 Å². The molecule has 6 rings (SSSR count). The topological polar surface area (TPSA) is 50.2 Å². The minimum atomic E-state index is -1.05. The third-order valence-electron chi connectivity index (χ3n) is 6.54. The summed E-state index contributed by atoms with van der Waals surface area (Å²) in [5.74, 6) is 0.852. The van der Waals surface area contributed by atoms with Gasteiger partial charge in [-0.05, 0) is 62.2 Å². The summed E-state index contributed by atoms with van der Waals surface area (Å²) in [4.78, 5) is 20.9. The molecule has 0 bridgehead atoms. The van der Waals surface area contributed by atoms with E-state index in [1.54, 1.807) is 0 Å². The monoisotopic (exact) mass is 394 g/mol. The van der Waals surface area contributed by atoms with Gasteiger partial charge in [-0.25, -0.2) is 4.98 Å². The van der Waals surface area contributed by atoms with Crippen LogP contribution in [0, 0.1) is 13.8 Å². The van der Waals surface area contributed by atoms with E-state index in [2.05, 4.69) is 48.0 Å². The number of fused-ring (bicyclic) bond motifs is 8. The second-order valence-electron chi connectivity index (χ2n) is 8.14. The molecule has 3 heterocycles. The summed E-state index contributed by atoms with van der Waals surface area (Å²) in [6.07, 6.45) is 0. The number of amides is 1. The number of para-hydroxylation sites is 2. The van der Waals surface area contributed by atoms with Crippen molar-refractivity contribution in [2.75, 3.05) is 16.8 Å². The summed E-state index contributed by atoms with van der Waals surface area (Å²) in [5, 5.41) is 3.64. The van der Waals surface area contributed by atoms with Gasteiger partial charge in [-0.2, -0.15) is 0 Å². The predicted molar refractivity (Wildman–Crippen MR) is 120 cm³/mol. The number of aryl methyl sites for hydroxylation is 2. The minimum absolute atomic E-state index is 0.0273. The number of hydrogen-bond acceptors (Lipinski definition) is 3. The highest BCUT2D eigenvalue weighted by Crippen LogP contribution is 2.50. The second kappa shape index (κ2) is 5.72. The molecule has 5 nitrogen and oxygen atoms in total. The van der Waals surface area contributed by atoms with E-state index < -0.39 is 5.66 Å². The van der Waals surface area contributed by atoms with E-state index in [1.165, 1.54) is 11.1 Å². The van der Waals surface area contributed by atoms with Crippen LogP contribution in [0.15, 0.2) is 60.7 Å². The Bertz CT molecular complexity index is 1370. The number of anilines is 2. The highest BCUT2D eigenvalue weighted by Gasteiger charge is 2.55. The molecular weight excluding hydrogens is 372 g/mol. The van der Waals surface area contributed by atoms with Gasteiger partial charge in [0.2, 0.25) is 5.66 Å². The van der Waals surface area contributed by atoms with E-state index in [1.807, 2.05) is 48.2 Å². The van der Waals surface area contributed by atoms with E-state index in [0.29, 0.717) is 6.54 Å². The molecule has 0 saturated carbocycles. The summed E-state index contributed by atoms with van der Waals surface area (Å²) in [7, 11) is 0. The Labute approximate surface area is 175 Å². The molecule has 30 heavy (non-hydrogen) atoms. The molecule has 1 amide bonds. The number of carbonyl (C=O) groups is 1. The van der Waals surface area contributed by atoms with Gasteiger partial charge in [0.15, 0.2) is 0 Å². The van der Waals surface area contributed by atoms with Gasteiger partial charge in [-0.1, -0.05) is 30.3 Å². The van der Waals surface area contributed by atoms with Crippen LogP contribution >= 0.6 is 0 Å². The van der Waals surface area contributed by atoms with Gasteiger partial charge in [0, 0.05) is 23.4 Å². The fraction of sp³-hybridized carbons (Fsp3) is 0.200. The zero-order chi connectivity index (χ0) is 20.6. The summed E-state index contributed by atoms with van der Waals surface area (Å²) in [6, 6.07) is 20.5. The standard InChI is InChI=1S/C25H22N4O/c1-4-28-21-12-8-6-10-18(21)25(24(28)30)27-19-11-7-5-9-17(19)23-26-20-13-15(2)16(3)14-22(20)29(23)25/h5-14,27H,4H2,1-3H3. The van der Waals surface area contributed by atoms with Gasteiger partial charge in [0.25, 0.3) is 5.91 Å². The zero-order valence-corrected chi connectivity index (χ0v) is 17.2. The number of carbonyl (C=O) groups excluding carboxylic acids is 1. The maximum atomic E-state index is 14.1. The van der Waals surface area contributed by atoms with Crippen LogP contribution < -0.4 is 10.2 Å². The van der Waals surface area contributed by atoms with E-state index >= 15 is 0 Å². The van der Waals surface area contributed by atoms with E-state index in [9.17, 15) is 4.79 Å². The SMILES string of the molecule is CCN1C(=O)C2(Nc3ccccc3-c3nc4cc(C)c(C)cc4n32)c2ccccc21. The van der Waals surface area contributed by atoms with Crippen molar-refractivity contribution >= 4 is 28.3 Å². The first kappa shape index (κ1) is 17.3. The number of likely N-dealkylation sites (N-methyl/N-ethyl adjacent to an activating group) is 1. The molecule has 0 saturated heterocycles. The van der Waals surface area contributed by atoms with Gasteiger partial charge < -0.3 is 10.2 Å². The fourth-order valence-electron chi connectivity index (χ4n) is 4.98. The lowest BCUT2D eigenvalue weighted by atomic mass is 9.95. The molecule has 5 heteroatoms. The Balaban J connectivity index is 1.80. The lowest BCUT2D eigenvalue weighted by Gasteiger charge is -2.38. The summed E-state index contributed by atoms with van der Waals surface area (Å²) in [5.41, 5.74) is 7.06. The lowest BCUT2D eigenvalue weighted by molar-refractivity contribution is -0.123. The van der Waals surface area contributed by atoms with Gasteiger partial charge >= 0.3 is 0 Å². The highest BCUT2D eigenvalue weighted by molar-refractivity contribution is 6.12. The molecule has 1 N–H and O–H groups in total. The van der Waals surface area contributed by atoms with Gasteiger partial charge in [-0.3, -0.25) is 9.36 Å². The van der Waals surface area contributed by atoms with Crippen molar-refractivity contribution in [1.29, 1.82) is 0 Å². The molecule has 0 fully saturated rings. The molecule has 4 aromatic rings. The molecule has 1 aromatic heterocycles. The first-order valence-corrected chi connectivity index (χ1v) is 10.4. The van der Waals surface area contributed by atoms with Crippen LogP contribution in [0.3, 0.4) is 0 Å². The Morgan fingerprint density at radius 3 is 2.57 bits per heavy atom. The number of nitrogens with one attached hydrogen (secondary N) is 1. The molecule has 148 valence electrons. The van der Waals surface area contributed by atoms with Crippen LogP contribution in [-0.2, 0) is 10.5 Å². The molecule has 1 atom stereocenters. The molecule has 2 aliphatic rings. The summed E-state index contributed by atoms with van der Waals surface area (Å²) >= 11 is 0. The van der Waals surface area contributed by atoms with Crippen molar-refractivity contribution < 1.29 is 4.79 Å². The third kappa shape index (κ3) is 1.92. The quantitative estimate of drug-likeness (QED) is 0.504. The number of hydrogen-bond donors (Lipinski definition) is 1. The van der Waals surface area contributed by atoms with Crippen molar-refractivity contribution in [2.24, 2.45) is 0 Å². The maximum Gasteiger partial charge on any atom is 0.279 e. The van der Waals surface area contributed by atoms with Crippen molar-refractivity contribution in [3.63, 3.8) is 0 Å². The largest absolute Gasteiger partial charge is 0.350 e. The number of benzene rings is 3. The zero-order valence-electron chi connectivity index (χ0n) is 17.2. The van der Waals surface area contributed by atoms with Gasteiger partial charge in [-0.15, -0.1) is 0 Å². The molecule has 2 aliphatic heterocycles. The fourth-order valence-corrected chi connectivity index (χ4v) is 4.98. The van der Waals surface area contributed by atoms with Crippen LogP contribution in [0.5, 0.6) is 0 Å². The Hall–Kier alpha value is -3.60. The molecule has 1 spiro atoms. The molecular formula is C25H22N4O.